The average Bonchev–Trinajstić information content (AvgIpc) is 2.83. The van der Waals surface area contributed by atoms with E-state index in [0.717, 1.165) is 6.54 Å². The smallest absolute Gasteiger partial charge is 0.251 e. The number of β-amino-alcohol motifs (C(OH)–C–C–N with tert-alkyl or cyclic N) is 1. The van der Waals surface area contributed by atoms with Crippen molar-refractivity contribution in [2.45, 2.75) is 38.2 Å². The van der Waals surface area contributed by atoms with Gasteiger partial charge in [-0.1, -0.05) is 32.9 Å². The number of benzene rings is 1. The van der Waals surface area contributed by atoms with Crippen LogP contribution in [0, 0.1) is 0 Å². The topological polar surface area (TPSA) is 61.4 Å². The summed E-state index contributed by atoms with van der Waals surface area (Å²) in [6.45, 7) is 8.06. The molecule has 1 atom stereocenters. The first-order valence-electron chi connectivity index (χ1n) is 7.12. The fraction of sp³-hybridized carbons (Fsp3) is 0.562. The highest BCUT2D eigenvalue weighted by atomic mass is 16.3. The van der Waals surface area contributed by atoms with Gasteiger partial charge < -0.3 is 15.7 Å². The third-order valence-electron chi connectivity index (χ3n) is 3.81. The van der Waals surface area contributed by atoms with Gasteiger partial charge in [-0.15, -0.1) is 0 Å². The lowest BCUT2D eigenvalue weighted by molar-refractivity contribution is 0.0562. The molecule has 1 aliphatic rings. The van der Waals surface area contributed by atoms with E-state index in [1.54, 1.807) is 0 Å². The van der Waals surface area contributed by atoms with Gasteiger partial charge in [-0.2, -0.15) is 0 Å². The van der Waals surface area contributed by atoms with Crippen molar-refractivity contribution in [1.82, 2.24) is 10.6 Å². The molecular formula is C16H24N2O2. The zero-order chi connectivity index (χ0) is 14.8. The summed E-state index contributed by atoms with van der Waals surface area (Å²) in [5, 5.41) is 16.1. The molecule has 1 aliphatic heterocycles. The van der Waals surface area contributed by atoms with Crippen LogP contribution in [0.5, 0.6) is 0 Å². The Bertz CT molecular complexity index is 468. The molecule has 0 spiro atoms. The van der Waals surface area contributed by atoms with Crippen LogP contribution in [0.1, 0.15) is 43.1 Å². The number of carbonyl (C=O) groups excluding carboxylic acids is 1. The van der Waals surface area contributed by atoms with E-state index in [-0.39, 0.29) is 11.3 Å². The second kappa shape index (κ2) is 5.54. The van der Waals surface area contributed by atoms with Crippen LogP contribution in [0.4, 0.5) is 0 Å². The lowest BCUT2D eigenvalue weighted by Crippen LogP contribution is -2.44. The molecular weight excluding hydrogens is 252 g/mol. The number of rotatable bonds is 3. The molecule has 0 aliphatic carbocycles. The molecule has 0 bridgehead atoms. The van der Waals surface area contributed by atoms with Crippen molar-refractivity contribution < 1.29 is 9.90 Å². The quantitative estimate of drug-likeness (QED) is 0.783. The fourth-order valence-electron chi connectivity index (χ4n) is 2.35. The molecule has 0 aromatic heterocycles. The van der Waals surface area contributed by atoms with E-state index in [1.165, 1.54) is 5.56 Å². The molecule has 1 amide bonds. The molecule has 1 heterocycles. The minimum absolute atomic E-state index is 0.0830. The van der Waals surface area contributed by atoms with Gasteiger partial charge in [0.1, 0.15) is 0 Å². The normalized spacial score (nSPS) is 22.8. The molecule has 1 unspecified atom stereocenters. The van der Waals surface area contributed by atoms with Crippen LogP contribution >= 0.6 is 0 Å². The first kappa shape index (κ1) is 15.0. The molecule has 0 saturated carbocycles. The van der Waals surface area contributed by atoms with Gasteiger partial charge >= 0.3 is 0 Å². The highest BCUT2D eigenvalue weighted by Crippen LogP contribution is 2.22. The summed E-state index contributed by atoms with van der Waals surface area (Å²) < 4.78 is 0. The Balaban J connectivity index is 1.96. The van der Waals surface area contributed by atoms with Gasteiger partial charge in [0.25, 0.3) is 5.91 Å². The maximum Gasteiger partial charge on any atom is 0.251 e. The summed E-state index contributed by atoms with van der Waals surface area (Å²) in [6.07, 6.45) is 0.677. The van der Waals surface area contributed by atoms with E-state index in [2.05, 4.69) is 31.4 Å². The van der Waals surface area contributed by atoms with E-state index in [1.807, 2.05) is 24.3 Å². The molecule has 110 valence electrons. The highest BCUT2D eigenvalue weighted by Gasteiger charge is 2.31. The van der Waals surface area contributed by atoms with E-state index in [9.17, 15) is 9.90 Å². The number of amides is 1. The highest BCUT2D eigenvalue weighted by molar-refractivity contribution is 5.94. The van der Waals surface area contributed by atoms with Crippen molar-refractivity contribution >= 4 is 5.91 Å². The van der Waals surface area contributed by atoms with Crippen molar-refractivity contribution in [3.05, 3.63) is 35.4 Å². The monoisotopic (exact) mass is 276 g/mol. The molecule has 20 heavy (non-hydrogen) atoms. The van der Waals surface area contributed by atoms with Gasteiger partial charge in [-0.25, -0.2) is 0 Å². The Hall–Kier alpha value is -1.39. The summed E-state index contributed by atoms with van der Waals surface area (Å²) in [5.74, 6) is -0.134. The van der Waals surface area contributed by atoms with Crippen molar-refractivity contribution in [2.24, 2.45) is 0 Å². The van der Waals surface area contributed by atoms with Crippen molar-refractivity contribution in [3.8, 4) is 0 Å². The van der Waals surface area contributed by atoms with E-state index >= 15 is 0 Å². The first-order chi connectivity index (χ1) is 9.30. The zero-order valence-electron chi connectivity index (χ0n) is 12.5. The maximum atomic E-state index is 12.1. The minimum atomic E-state index is -0.805. The van der Waals surface area contributed by atoms with Crippen molar-refractivity contribution in [3.63, 3.8) is 0 Å². The second-order valence-corrected chi connectivity index (χ2v) is 6.66. The van der Waals surface area contributed by atoms with Crippen LogP contribution in [-0.2, 0) is 5.41 Å². The van der Waals surface area contributed by atoms with E-state index in [0.29, 0.717) is 25.1 Å². The van der Waals surface area contributed by atoms with Crippen molar-refractivity contribution in [2.75, 3.05) is 19.6 Å². The largest absolute Gasteiger partial charge is 0.387 e. The van der Waals surface area contributed by atoms with Gasteiger partial charge in [0, 0.05) is 18.7 Å². The van der Waals surface area contributed by atoms with Crippen LogP contribution < -0.4 is 10.6 Å². The molecule has 1 aromatic rings. The average molecular weight is 276 g/mol. The Labute approximate surface area is 120 Å². The van der Waals surface area contributed by atoms with Crippen LogP contribution in [0.25, 0.3) is 0 Å². The number of aliphatic hydroxyl groups is 1. The number of hydrogen-bond donors (Lipinski definition) is 3. The number of hydrogen-bond acceptors (Lipinski definition) is 3. The van der Waals surface area contributed by atoms with Crippen LogP contribution in [-0.4, -0.2) is 36.2 Å². The zero-order valence-corrected chi connectivity index (χ0v) is 12.5. The van der Waals surface area contributed by atoms with Gasteiger partial charge in [-0.3, -0.25) is 4.79 Å². The summed E-state index contributed by atoms with van der Waals surface area (Å²) in [6, 6.07) is 7.65. The third kappa shape index (κ3) is 3.58. The van der Waals surface area contributed by atoms with Gasteiger partial charge in [0.15, 0.2) is 0 Å². The predicted molar refractivity (Wildman–Crippen MR) is 79.9 cm³/mol. The van der Waals surface area contributed by atoms with E-state index in [4.69, 9.17) is 0 Å². The third-order valence-corrected chi connectivity index (χ3v) is 3.81. The Morgan fingerprint density at radius 1 is 1.35 bits per heavy atom. The Kier molecular flexibility index (Phi) is 4.16. The first-order valence-corrected chi connectivity index (χ1v) is 7.12. The second-order valence-electron chi connectivity index (χ2n) is 6.66. The predicted octanol–water partition coefficient (Wildman–Crippen LogP) is 1.44. The lowest BCUT2D eigenvalue weighted by atomic mass is 9.86. The molecule has 3 N–H and O–H groups in total. The van der Waals surface area contributed by atoms with Gasteiger partial charge in [-0.05, 0) is 36.1 Å². The number of nitrogens with one attached hydrogen (secondary N) is 2. The molecule has 2 rings (SSSR count). The molecule has 1 fully saturated rings. The molecule has 4 heteroatoms. The number of carbonyl (C=O) groups is 1. The SMILES string of the molecule is CC(C)(C)c1ccc(C(=O)NCC2(O)CCNC2)cc1. The Morgan fingerprint density at radius 2 is 2.00 bits per heavy atom. The molecule has 0 radical (unpaired) electrons. The Morgan fingerprint density at radius 3 is 2.50 bits per heavy atom. The molecule has 1 aromatic carbocycles. The molecule has 4 nitrogen and oxygen atoms in total. The molecule has 1 saturated heterocycles. The van der Waals surface area contributed by atoms with Crippen molar-refractivity contribution in [1.29, 1.82) is 0 Å². The minimum Gasteiger partial charge on any atom is -0.387 e. The summed E-state index contributed by atoms with van der Waals surface area (Å²) >= 11 is 0. The van der Waals surface area contributed by atoms with Crippen LogP contribution in [0.15, 0.2) is 24.3 Å². The standard InChI is InChI=1S/C16H24N2O2/c1-15(2,3)13-6-4-12(5-7-13)14(19)18-11-16(20)8-9-17-10-16/h4-7,17,20H,8-11H2,1-3H3,(H,18,19). The van der Waals surface area contributed by atoms with Crippen LogP contribution in [0.3, 0.4) is 0 Å². The lowest BCUT2D eigenvalue weighted by Gasteiger charge is -2.22. The van der Waals surface area contributed by atoms with Crippen LogP contribution in [0.2, 0.25) is 0 Å². The summed E-state index contributed by atoms with van der Waals surface area (Å²) in [7, 11) is 0. The maximum absolute atomic E-state index is 12.1. The fourth-order valence-corrected chi connectivity index (χ4v) is 2.35. The summed E-state index contributed by atoms with van der Waals surface area (Å²) in [4.78, 5) is 12.1. The summed E-state index contributed by atoms with van der Waals surface area (Å²) in [5.41, 5.74) is 1.11. The van der Waals surface area contributed by atoms with Gasteiger partial charge in [0.2, 0.25) is 0 Å². The van der Waals surface area contributed by atoms with E-state index < -0.39 is 5.60 Å². The van der Waals surface area contributed by atoms with Gasteiger partial charge in [0.05, 0.1) is 5.60 Å².